The highest BCUT2D eigenvalue weighted by Crippen LogP contribution is 2.26. The molecule has 2 amide bonds. The molecule has 176 valence electrons. The number of aromatic nitrogens is 3. The van der Waals surface area contributed by atoms with E-state index in [4.69, 9.17) is 10.5 Å². The summed E-state index contributed by atoms with van der Waals surface area (Å²) < 4.78 is 7.84. The number of hydrogen-bond acceptors (Lipinski definition) is 5. The second kappa shape index (κ2) is 9.80. The number of amides is 2. The Morgan fingerprint density at radius 1 is 1.06 bits per heavy atom. The summed E-state index contributed by atoms with van der Waals surface area (Å²) in [6, 6.07) is 17.0. The number of carbonyl (C=O) groups excluding carboxylic acids is 2. The van der Waals surface area contributed by atoms with Crippen molar-refractivity contribution in [3.05, 3.63) is 107 Å². The van der Waals surface area contributed by atoms with Gasteiger partial charge in [0, 0.05) is 35.9 Å². The van der Waals surface area contributed by atoms with Crippen molar-refractivity contribution < 1.29 is 14.3 Å². The zero-order valence-corrected chi connectivity index (χ0v) is 19.1. The zero-order chi connectivity index (χ0) is 24.2. The Hall–Kier alpha value is -4.46. The van der Waals surface area contributed by atoms with Gasteiger partial charge in [-0.2, -0.15) is 0 Å². The van der Waals surface area contributed by atoms with E-state index < -0.39 is 5.91 Å². The van der Waals surface area contributed by atoms with E-state index in [0.29, 0.717) is 12.2 Å². The minimum atomic E-state index is -0.567. The fourth-order valence-electron chi connectivity index (χ4n) is 4.28. The van der Waals surface area contributed by atoms with E-state index in [0.717, 1.165) is 36.3 Å². The van der Waals surface area contributed by atoms with Crippen molar-refractivity contribution in [3.8, 4) is 11.4 Å². The van der Waals surface area contributed by atoms with Crippen molar-refractivity contribution in [3.63, 3.8) is 0 Å². The van der Waals surface area contributed by atoms with Crippen LogP contribution in [0.3, 0.4) is 0 Å². The number of nitrogens with one attached hydrogen (secondary N) is 1. The zero-order valence-electron chi connectivity index (χ0n) is 19.1. The fourth-order valence-corrected chi connectivity index (χ4v) is 4.28. The normalized spacial score (nSPS) is 14.7. The molecule has 1 unspecified atom stereocenters. The van der Waals surface area contributed by atoms with E-state index in [-0.39, 0.29) is 17.6 Å². The Balaban J connectivity index is 1.20. The molecule has 5 rings (SSSR count). The Morgan fingerprint density at radius 2 is 1.91 bits per heavy atom. The molecule has 2 heterocycles. The van der Waals surface area contributed by atoms with Crippen LogP contribution in [0.5, 0.6) is 5.75 Å². The second-order valence-electron chi connectivity index (χ2n) is 8.56. The third-order valence-electron chi connectivity index (χ3n) is 6.16. The summed E-state index contributed by atoms with van der Waals surface area (Å²) in [6.45, 7) is 0.302. The number of nitrogens with zero attached hydrogens (tertiary/aromatic N) is 3. The number of fused-ring (bicyclic) bond motifs is 1. The van der Waals surface area contributed by atoms with Gasteiger partial charge >= 0.3 is 0 Å². The largest absolute Gasteiger partial charge is 0.489 e. The number of nitrogens with two attached hydrogens (primary N) is 1. The number of carbonyl (C=O) groups is 2. The first-order valence-electron chi connectivity index (χ1n) is 11.4. The lowest BCUT2D eigenvalue weighted by Gasteiger charge is -2.26. The molecule has 3 N–H and O–H groups in total. The standard InChI is InChI=1S/C27H25N5O3/c28-26(33)25-13-18(9-10-30-25)16-35-24-8-4-19-1-5-22(14-21(19)15-24)31-27(34)20-2-6-23(7-3-20)32-12-11-29-17-32/h2-4,6-13,15,17,22H,1,5,14,16H2,(H2,28,33)(H,31,34). The van der Waals surface area contributed by atoms with Gasteiger partial charge in [-0.15, -0.1) is 0 Å². The summed E-state index contributed by atoms with van der Waals surface area (Å²) in [7, 11) is 0. The number of aryl methyl sites for hydroxylation is 1. The summed E-state index contributed by atoms with van der Waals surface area (Å²) in [6.07, 6.45) is 9.38. The molecular weight excluding hydrogens is 442 g/mol. The number of benzene rings is 2. The van der Waals surface area contributed by atoms with Gasteiger partial charge in [0.05, 0.1) is 6.33 Å². The van der Waals surface area contributed by atoms with Crippen molar-refractivity contribution in [2.45, 2.75) is 31.9 Å². The molecule has 0 fully saturated rings. The van der Waals surface area contributed by atoms with Gasteiger partial charge in [0.2, 0.25) is 0 Å². The molecular formula is C27H25N5O3. The van der Waals surface area contributed by atoms with Gasteiger partial charge in [0.1, 0.15) is 18.1 Å². The molecule has 0 saturated heterocycles. The first-order valence-corrected chi connectivity index (χ1v) is 11.4. The van der Waals surface area contributed by atoms with Crippen molar-refractivity contribution in [2.24, 2.45) is 5.73 Å². The molecule has 0 saturated carbocycles. The SMILES string of the molecule is NC(=O)c1cc(COc2ccc3c(c2)CC(NC(=O)c2ccc(-n4ccnc4)cc2)CC3)ccn1. The van der Waals surface area contributed by atoms with E-state index >= 15 is 0 Å². The van der Waals surface area contributed by atoms with Crippen molar-refractivity contribution in [2.75, 3.05) is 0 Å². The summed E-state index contributed by atoms with van der Waals surface area (Å²) in [4.78, 5) is 32.2. The molecule has 1 atom stereocenters. The Morgan fingerprint density at radius 3 is 2.69 bits per heavy atom. The first kappa shape index (κ1) is 22.3. The van der Waals surface area contributed by atoms with Crippen LogP contribution >= 0.6 is 0 Å². The average molecular weight is 468 g/mol. The Kier molecular flexibility index (Phi) is 6.26. The van der Waals surface area contributed by atoms with Crippen LogP contribution in [-0.4, -0.2) is 32.4 Å². The molecule has 8 nitrogen and oxygen atoms in total. The molecule has 4 aromatic rings. The molecule has 8 heteroatoms. The van der Waals surface area contributed by atoms with E-state index in [1.54, 1.807) is 30.9 Å². The molecule has 0 bridgehead atoms. The topological polar surface area (TPSA) is 112 Å². The molecule has 1 aliphatic rings. The number of hydrogen-bond donors (Lipinski definition) is 2. The lowest BCUT2D eigenvalue weighted by molar-refractivity contribution is 0.0932. The second-order valence-corrected chi connectivity index (χ2v) is 8.56. The Labute approximate surface area is 202 Å². The summed E-state index contributed by atoms with van der Waals surface area (Å²) in [5, 5.41) is 3.17. The van der Waals surface area contributed by atoms with Gasteiger partial charge in [-0.25, -0.2) is 4.98 Å². The predicted molar refractivity (Wildman–Crippen MR) is 130 cm³/mol. The number of primary amides is 1. The monoisotopic (exact) mass is 467 g/mol. The van der Waals surface area contributed by atoms with Crippen LogP contribution < -0.4 is 15.8 Å². The van der Waals surface area contributed by atoms with Gasteiger partial charge in [0.15, 0.2) is 0 Å². The first-order chi connectivity index (χ1) is 17.0. The van der Waals surface area contributed by atoms with E-state index in [2.05, 4.69) is 21.4 Å². The van der Waals surface area contributed by atoms with Crippen molar-refractivity contribution in [1.29, 1.82) is 0 Å². The van der Waals surface area contributed by atoms with Crippen LogP contribution in [0.25, 0.3) is 5.69 Å². The minimum Gasteiger partial charge on any atom is -0.489 e. The van der Waals surface area contributed by atoms with Gasteiger partial charge in [-0.05, 0) is 84.5 Å². The van der Waals surface area contributed by atoms with Gasteiger partial charge in [-0.3, -0.25) is 14.6 Å². The number of pyridine rings is 1. The van der Waals surface area contributed by atoms with Crippen LogP contribution in [0, 0.1) is 0 Å². The third-order valence-corrected chi connectivity index (χ3v) is 6.16. The van der Waals surface area contributed by atoms with Crippen LogP contribution in [0.1, 0.15) is 44.0 Å². The summed E-state index contributed by atoms with van der Waals surface area (Å²) >= 11 is 0. The lowest BCUT2D eigenvalue weighted by atomic mass is 9.88. The number of rotatable bonds is 7. The molecule has 0 spiro atoms. The third kappa shape index (κ3) is 5.22. The smallest absolute Gasteiger partial charge is 0.267 e. The maximum absolute atomic E-state index is 12.8. The molecule has 35 heavy (non-hydrogen) atoms. The molecule has 0 aliphatic heterocycles. The number of imidazole rings is 1. The number of ether oxygens (including phenoxy) is 1. The highest BCUT2D eigenvalue weighted by atomic mass is 16.5. The average Bonchev–Trinajstić information content (AvgIpc) is 3.42. The van der Waals surface area contributed by atoms with Crippen molar-refractivity contribution in [1.82, 2.24) is 19.9 Å². The lowest BCUT2D eigenvalue weighted by Crippen LogP contribution is -2.38. The van der Waals surface area contributed by atoms with Crippen LogP contribution in [-0.2, 0) is 19.4 Å². The van der Waals surface area contributed by atoms with Gasteiger partial charge in [0.25, 0.3) is 11.8 Å². The van der Waals surface area contributed by atoms with Crippen LogP contribution in [0.2, 0.25) is 0 Å². The van der Waals surface area contributed by atoms with E-state index in [9.17, 15) is 9.59 Å². The highest BCUT2D eigenvalue weighted by molar-refractivity contribution is 5.94. The molecule has 0 radical (unpaired) electrons. The van der Waals surface area contributed by atoms with E-state index in [1.165, 1.54) is 11.1 Å². The summed E-state index contributed by atoms with van der Waals surface area (Å²) in [5.74, 6) is 0.0945. The van der Waals surface area contributed by atoms with Gasteiger partial charge in [-0.1, -0.05) is 6.07 Å². The van der Waals surface area contributed by atoms with Crippen LogP contribution in [0.4, 0.5) is 0 Å². The van der Waals surface area contributed by atoms with Gasteiger partial charge < -0.3 is 20.4 Å². The van der Waals surface area contributed by atoms with Crippen LogP contribution in [0.15, 0.2) is 79.5 Å². The molecule has 2 aromatic heterocycles. The van der Waals surface area contributed by atoms with E-state index in [1.807, 2.05) is 47.2 Å². The predicted octanol–water partition coefficient (Wildman–Crippen LogP) is 3.23. The van der Waals surface area contributed by atoms with Crippen molar-refractivity contribution >= 4 is 11.8 Å². The maximum atomic E-state index is 12.8. The highest BCUT2D eigenvalue weighted by Gasteiger charge is 2.21. The summed E-state index contributed by atoms with van der Waals surface area (Å²) in [5.41, 5.74) is 10.4. The minimum absolute atomic E-state index is 0.0527. The maximum Gasteiger partial charge on any atom is 0.267 e. The quantitative estimate of drug-likeness (QED) is 0.433. The molecule has 2 aromatic carbocycles. The molecule has 1 aliphatic carbocycles. The Bertz CT molecular complexity index is 1350. The fraction of sp³-hybridized carbons (Fsp3) is 0.185.